The predicted molar refractivity (Wildman–Crippen MR) is 65.6 cm³/mol. The lowest BCUT2D eigenvalue weighted by Crippen LogP contribution is -2.12. The van der Waals surface area contributed by atoms with Gasteiger partial charge in [0.1, 0.15) is 18.2 Å². The van der Waals surface area contributed by atoms with Crippen LogP contribution in [0.3, 0.4) is 0 Å². The summed E-state index contributed by atoms with van der Waals surface area (Å²) in [6.07, 6.45) is 0.977. The lowest BCUT2D eigenvalue weighted by Gasteiger charge is -2.14. The molecule has 0 heterocycles. The van der Waals surface area contributed by atoms with Crippen LogP contribution < -0.4 is 10.5 Å². The molecule has 3 nitrogen and oxygen atoms in total. The Morgan fingerprint density at radius 1 is 1.29 bits per heavy atom. The van der Waals surface area contributed by atoms with Gasteiger partial charge in [0.25, 0.3) is 0 Å². The summed E-state index contributed by atoms with van der Waals surface area (Å²) in [6.45, 7) is 5.51. The average Bonchev–Trinajstić information content (AvgIpc) is 2.28. The van der Waals surface area contributed by atoms with E-state index in [9.17, 15) is 4.39 Å². The van der Waals surface area contributed by atoms with Gasteiger partial charge in [-0.25, -0.2) is 4.39 Å². The molecule has 0 fully saturated rings. The Morgan fingerprint density at radius 2 is 2.06 bits per heavy atom. The summed E-state index contributed by atoms with van der Waals surface area (Å²) in [6, 6.07) is 4.22. The van der Waals surface area contributed by atoms with Crippen LogP contribution in [-0.4, -0.2) is 19.8 Å². The molecule has 96 valence electrons. The zero-order valence-corrected chi connectivity index (χ0v) is 10.4. The quantitative estimate of drug-likeness (QED) is 0.746. The number of hydrogen-bond donors (Lipinski definition) is 1. The van der Waals surface area contributed by atoms with Crippen LogP contribution in [0.4, 0.5) is 4.39 Å². The van der Waals surface area contributed by atoms with Crippen molar-refractivity contribution in [3.05, 3.63) is 29.6 Å². The molecule has 0 aliphatic heterocycles. The second kappa shape index (κ2) is 7.25. The van der Waals surface area contributed by atoms with E-state index >= 15 is 0 Å². The zero-order valence-electron chi connectivity index (χ0n) is 10.4. The maximum atomic E-state index is 13.1. The van der Waals surface area contributed by atoms with Gasteiger partial charge < -0.3 is 15.2 Å². The van der Waals surface area contributed by atoms with Crippen LogP contribution in [0, 0.1) is 5.82 Å². The van der Waals surface area contributed by atoms with E-state index in [1.54, 1.807) is 6.07 Å². The van der Waals surface area contributed by atoms with Gasteiger partial charge in [0.2, 0.25) is 0 Å². The molecule has 1 rings (SSSR count). The smallest absolute Gasteiger partial charge is 0.127 e. The molecule has 0 bridgehead atoms. The molecule has 0 aromatic heterocycles. The largest absolute Gasteiger partial charge is 0.491 e. The minimum absolute atomic E-state index is 0.179. The van der Waals surface area contributed by atoms with Crippen LogP contribution >= 0.6 is 0 Å². The van der Waals surface area contributed by atoms with E-state index in [-0.39, 0.29) is 11.9 Å². The van der Waals surface area contributed by atoms with Gasteiger partial charge in [0.15, 0.2) is 0 Å². The molecule has 17 heavy (non-hydrogen) atoms. The van der Waals surface area contributed by atoms with Crippen molar-refractivity contribution < 1.29 is 13.9 Å². The fourth-order valence-electron chi connectivity index (χ4n) is 1.47. The third-order valence-corrected chi connectivity index (χ3v) is 2.30. The van der Waals surface area contributed by atoms with Gasteiger partial charge in [-0.15, -0.1) is 0 Å². The second-order valence-corrected chi connectivity index (χ2v) is 3.93. The molecule has 0 spiro atoms. The molecule has 0 saturated carbocycles. The highest BCUT2D eigenvalue weighted by Crippen LogP contribution is 2.24. The second-order valence-electron chi connectivity index (χ2n) is 3.93. The number of hydrogen-bond acceptors (Lipinski definition) is 3. The topological polar surface area (TPSA) is 44.5 Å². The molecule has 0 aliphatic carbocycles. The number of ether oxygens (including phenoxy) is 2. The molecule has 0 radical (unpaired) electrons. The minimum atomic E-state index is -0.320. The molecular formula is C13H20FNO2. The molecule has 2 N–H and O–H groups in total. The molecule has 1 atom stereocenters. The van der Waals surface area contributed by atoms with E-state index in [1.165, 1.54) is 12.1 Å². The SMILES string of the molecule is CCCOCCOc1cc(F)ccc1C(C)N. The Balaban J connectivity index is 2.53. The molecule has 0 aliphatic rings. The molecule has 4 heteroatoms. The first kappa shape index (κ1) is 13.9. The standard InChI is InChI=1S/C13H20FNO2/c1-3-6-16-7-8-17-13-9-11(14)4-5-12(13)10(2)15/h4-5,9-10H,3,6-8,15H2,1-2H3. The molecule has 1 unspecified atom stereocenters. The predicted octanol–water partition coefficient (Wildman–Crippen LogP) is 2.65. The monoisotopic (exact) mass is 241 g/mol. The summed E-state index contributed by atoms with van der Waals surface area (Å²) in [7, 11) is 0. The number of benzene rings is 1. The summed E-state index contributed by atoms with van der Waals surface area (Å²) < 4.78 is 23.9. The lowest BCUT2D eigenvalue weighted by atomic mass is 10.1. The van der Waals surface area contributed by atoms with Crippen molar-refractivity contribution in [3.63, 3.8) is 0 Å². The lowest BCUT2D eigenvalue weighted by molar-refractivity contribution is 0.100. The average molecular weight is 241 g/mol. The first-order valence-corrected chi connectivity index (χ1v) is 5.90. The first-order valence-electron chi connectivity index (χ1n) is 5.90. The van der Waals surface area contributed by atoms with Crippen molar-refractivity contribution in [2.45, 2.75) is 26.3 Å². The fraction of sp³-hybridized carbons (Fsp3) is 0.538. The van der Waals surface area contributed by atoms with Crippen LogP contribution in [0.25, 0.3) is 0 Å². The highest BCUT2D eigenvalue weighted by Gasteiger charge is 2.09. The summed E-state index contributed by atoms with van der Waals surface area (Å²) in [5, 5.41) is 0. The van der Waals surface area contributed by atoms with Gasteiger partial charge in [0.05, 0.1) is 6.61 Å². The number of rotatable bonds is 7. The van der Waals surface area contributed by atoms with Crippen molar-refractivity contribution in [1.29, 1.82) is 0 Å². The van der Waals surface area contributed by atoms with Crippen molar-refractivity contribution in [2.24, 2.45) is 5.73 Å². The molecule has 1 aromatic carbocycles. The Morgan fingerprint density at radius 3 is 2.71 bits per heavy atom. The van der Waals surface area contributed by atoms with Gasteiger partial charge in [0, 0.05) is 24.3 Å². The van der Waals surface area contributed by atoms with E-state index in [1.807, 2.05) is 13.8 Å². The number of nitrogens with two attached hydrogens (primary N) is 1. The van der Waals surface area contributed by atoms with Crippen molar-refractivity contribution in [1.82, 2.24) is 0 Å². The molecule has 0 saturated heterocycles. The van der Waals surface area contributed by atoms with Crippen LogP contribution in [0.2, 0.25) is 0 Å². The van der Waals surface area contributed by atoms with Crippen molar-refractivity contribution >= 4 is 0 Å². The maximum Gasteiger partial charge on any atom is 0.127 e. The van der Waals surface area contributed by atoms with E-state index in [0.717, 1.165) is 12.0 Å². The van der Waals surface area contributed by atoms with E-state index in [4.69, 9.17) is 15.2 Å². The normalized spacial score (nSPS) is 12.5. The number of halogens is 1. The molecule has 0 amide bonds. The Hall–Kier alpha value is -1.13. The molecule has 1 aromatic rings. The first-order chi connectivity index (χ1) is 8.15. The van der Waals surface area contributed by atoms with Gasteiger partial charge in [-0.1, -0.05) is 13.0 Å². The van der Waals surface area contributed by atoms with Crippen LogP contribution in [0.15, 0.2) is 18.2 Å². The van der Waals surface area contributed by atoms with Crippen molar-refractivity contribution in [3.8, 4) is 5.75 Å². The highest BCUT2D eigenvalue weighted by molar-refractivity contribution is 5.36. The summed E-state index contributed by atoms with van der Waals surface area (Å²) in [5.41, 5.74) is 6.59. The van der Waals surface area contributed by atoms with E-state index in [2.05, 4.69) is 0 Å². The maximum absolute atomic E-state index is 13.1. The summed E-state index contributed by atoms with van der Waals surface area (Å²) >= 11 is 0. The Bertz CT molecular complexity index is 342. The van der Waals surface area contributed by atoms with Crippen LogP contribution in [0.5, 0.6) is 5.75 Å². The third kappa shape index (κ3) is 4.71. The fourth-order valence-corrected chi connectivity index (χ4v) is 1.47. The van der Waals surface area contributed by atoms with Crippen molar-refractivity contribution in [2.75, 3.05) is 19.8 Å². The summed E-state index contributed by atoms with van der Waals surface area (Å²) in [4.78, 5) is 0. The van der Waals surface area contributed by atoms with Gasteiger partial charge in [-0.05, 0) is 19.4 Å². The third-order valence-electron chi connectivity index (χ3n) is 2.30. The summed E-state index contributed by atoms with van der Waals surface area (Å²) in [5.74, 6) is 0.180. The van der Waals surface area contributed by atoms with Crippen LogP contribution in [-0.2, 0) is 4.74 Å². The van der Waals surface area contributed by atoms with Gasteiger partial charge in [-0.2, -0.15) is 0 Å². The van der Waals surface area contributed by atoms with E-state index in [0.29, 0.717) is 25.6 Å². The highest BCUT2D eigenvalue weighted by atomic mass is 19.1. The minimum Gasteiger partial charge on any atom is -0.491 e. The Labute approximate surface area is 102 Å². The van der Waals surface area contributed by atoms with E-state index < -0.39 is 0 Å². The Kier molecular flexibility index (Phi) is 5.94. The molecular weight excluding hydrogens is 221 g/mol. The van der Waals surface area contributed by atoms with Gasteiger partial charge in [-0.3, -0.25) is 0 Å². The van der Waals surface area contributed by atoms with Gasteiger partial charge >= 0.3 is 0 Å². The zero-order chi connectivity index (χ0) is 12.7. The van der Waals surface area contributed by atoms with Crippen LogP contribution in [0.1, 0.15) is 31.9 Å².